The molecule has 46 valence electrons. The predicted octanol–water partition coefficient (Wildman–Crippen LogP) is -1.89. The molecule has 0 aliphatic rings. The Hall–Kier alpha value is 0.110. The molecular weight excluding hydrogens is 155 g/mol. The van der Waals surface area contributed by atoms with Gasteiger partial charge in [-0.1, -0.05) is 36.5 Å². The molecule has 3 heteroatoms. The van der Waals surface area contributed by atoms with Crippen LogP contribution in [0.1, 0.15) is 5.56 Å². The Morgan fingerprint density at radius 3 is 2.10 bits per heavy atom. The zero-order valence-electron chi connectivity index (χ0n) is 5.70. The standard InChI is InChI=1S/C7H6OS.Na/c8-7-3-1-6(5-9)2-4-7;/h1-5,8H;/q;+1/p-1. The smallest absolute Gasteiger partial charge is 0.872 e. The topological polar surface area (TPSA) is 23.1 Å². The quantitative estimate of drug-likeness (QED) is 0.354. The molecule has 0 N–H and O–H groups in total. The van der Waals surface area contributed by atoms with Crippen LogP contribution in [0.25, 0.3) is 0 Å². The number of hydrogen-bond donors (Lipinski definition) is 0. The zero-order valence-corrected chi connectivity index (χ0v) is 8.52. The molecule has 1 nitrogen and oxygen atoms in total. The van der Waals surface area contributed by atoms with Crippen LogP contribution in [0.5, 0.6) is 5.75 Å². The van der Waals surface area contributed by atoms with E-state index in [-0.39, 0.29) is 35.3 Å². The van der Waals surface area contributed by atoms with Crippen LogP contribution < -0.4 is 34.7 Å². The average Bonchev–Trinajstić information content (AvgIpc) is 1.90. The van der Waals surface area contributed by atoms with Gasteiger partial charge >= 0.3 is 29.6 Å². The molecule has 0 bridgehead atoms. The number of benzene rings is 1. The average molecular weight is 160 g/mol. The fourth-order valence-corrected chi connectivity index (χ4v) is 0.704. The second-order valence-corrected chi connectivity index (χ2v) is 1.92. The maximum atomic E-state index is 10.5. The van der Waals surface area contributed by atoms with E-state index in [0.29, 0.717) is 0 Å². The molecule has 0 heterocycles. The molecule has 0 aliphatic heterocycles. The minimum Gasteiger partial charge on any atom is -0.872 e. The third kappa shape index (κ3) is 2.80. The van der Waals surface area contributed by atoms with E-state index < -0.39 is 0 Å². The van der Waals surface area contributed by atoms with Crippen molar-refractivity contribution in [3.8, 4) is 5.75 Å². The van der Waals surface area contributed by atoms with Crippen molar-refractivity contribution >= 4 is 17.6 Å². The third-order valence-corrected chi connectivity index (χ3v) is 1.29. The van der Waals surface area contributed by atoms with Gasteiger partial charge in [0.2, 0.25) is 0 Å². The summed E-state index contributed by atoms with van der Waals surface area (Å²) in [6, 6.07) is 6.40. The first kappa shape index (κ1) is 10.1. The summed E-state index contributed by atoms with van der Waals surface area (Å²) in [5, 5.41) is 12.0. The molecule has 0 aromatic heterocycles. The van der Waals surface area contributed by atoms with Crippen molar-refractivity contribution in [2.24, 2.45) is 0 Å². The van der Waals surface area contributed by atoms with Crippen LogP contribution in [0, 0.1) is 0 Å². The van der Waals surface area contributed by atoms with Gasteiger partial charge in [0, 0.05) is 5.37 Å². The van der Waals surface area contributed by atoms with Gasteiger partial charge in [-0.05, 0) is 5.56 Å². The molecule has 1 rings (SSSR count). The van der Waals surface area contributed by atoms with Crippen LogP contribution >= 0.6 is 12.2 Å². The fraction of sp³-hybridized carbons (Fsp3) is 0. The fourth-order valence-electron chi connectivity index (χ4n) is 0.546. The van der Waals surface area contributed by atoms with E-state index in [4.69, 9.17) is 0 Å². The van der Waals surface area contributed by atoms with Gasteiger partial charge in [-0.3, -0.25) is 0 Å². The number of hydrogen-bond acceptors (Lipinski definition) is 2. The second kappa shape index (κ2) is 4.85. The van der Waals surface area contributed by atoms with Gasteiger partial charge in [0.1, 0.15) is 0 Å². The van der Waals surface area contributed by atoms with E-state index >= 15 is 0 Å². The largest absolute Gasteiger partial charge is 1.00 e. The molecule has 0 amide bonds. The van der Waals surface area contributed by atoms with Gasteiger partial charge in [-0.25, -0.2) is 0 Å². The molecule has 0 atom stereocenters. The minimum atomic E-state index is 0. The Labute approximate surface area is 87.4 Å². The SMILES string of the molecule is [Na+].[O-]c1ccc(C=S)cc1. The molecular formula is C7H5NaOS. The molecule has 0 fully saturated rings. The summed E-state index contributed by atoms with van der Waals surface area (Å²) >= 11 is 4.63. The Morgan fingerprint density at radius 1 is 1.20 bits per heavy atom. The molecule has 1 aromatic rings. The van der Waals surface area contributed by atoms with Crippen LogP contribution in [-0.4, -0.2) is 5.37 Å². The van der Waals surface area contributed by atoms with E-state index in [1.807, 2.05) is 0 Å². The van der Waals surface area contributed by atoms with E-state index in [1.54, 1.807) is 17.5 Å². The molecule has 0 radical (unpaired) electrons. The molecule has 0 unspecified atom stereocenters. The normalized spacial score (nSPS) is 8.00. The van der Waals surface area contributed by atoms with E-state index in [0.717, 1.165) is 5.56 Å². The number of rotatable bonds is 1. The van der Waals surface area contributed by atoms with Gasteiger partial charge in [-0.2, -0.15) is 0 Å². The first-order valence-corrected chi connectivity index (χ1v) is 3.02. The Kier molecular flexibility index (Phi) is 4.91. The van der Waals surface area contributed by atoms with Crippen molar-refractivity contribution in [2.45, 2.75) is 0 Å². The van der Waals surface area contributed by atoms with Crippen molar-refractivity contribution in [3.63, 3.8) is 0 Å². The van der Waals surface area contributed by atoms with Crippen LogP contribution in [0.4, 0.5) is 0 Å². The first-order valence-electron chi connectivity index (χ1n) is 2.55. The molecule has 0 saturated carbocycles. The monoisotopic (exact) mass is 160 g/mol. The van der Waals surface area contributed by atoms with Crippen molar-refractivity contribution in [1.29, 1.82) is 0 Å². The van der Waals surface area contributed by atoms with Gasteiger partial charge in [-0.15, -0.1) is 5.75 Å². The summed E-state index contributed by atoms with van der Waals surface area (Å²) in [6.45, 7) is 0. The molecule has 10 heavy (non-hydrogen) atoms. The van der Waals surface area contributed by atoms with Crippen LogP contribution in [0.3, 0.4) is 0 Å². The predicted molar refractivity (Wildman–Crippen MR) is 38.6 cm³/mol. The van der Waals surface area contributed by atoms with Gasteiger partial charge < -0.3 is 5.11 Å². The maximum absolute atomic E-state index is 10.5. The van der Waals surface area contributed by atoms with Gasteiger partial charge in [0.15, 0.2) is 0 Å². The van der Waals surface area contributed by atoms with Crippen LogP contribution in [0.2, 0.25) is 0 Å². The maximum Gasteiger partial charge on any atom is 1.00 e. The van der Waals surface area contributed by atoms with Gasteiger partial charge in [0.25, 0.3) is 0 Å². The summed E-state index contributed by atoms with van der Waals surface area (Å²) in [5.41, 5.74) is 0.907. The third-order valence-electron chi connectivity index (χ3n) is 1.02. The van der Waals surface area contributed by atoms with Crippen LogP contribution in [0.15, 0.2) is 24.3 Å². The van der Waals surface area contributed by atoms with Crippen molar-refractivity contribution in [1.82, 2.24) is 0 Å². The van der Waals surface area contributed by atoms with Crippen molar-refractivity contribution in [2.75, 3.05) is 0 Å². The molecule has 0 aliphatic carbocycles. The molecule has 1 aromatic carbocycles. The molecule has 0 spiro atoms. The van der Waals surface area contributed by atoms with E-state index in [9.17, 15) is 5.11 Å². The van der Waals surface area contributed by atoms with Crippen molar-refractivity contribution in [3.05, 3.63) is 29.8 Å². The zero-order chi connectivity index (χ0) is 6.69. The summed E-state index contributed by atoms with van der Waals surface area (Å²) in [7, 11) is 0. The summed E-state index contributed by atoms with van der Waals surface area (Å²) in [4.78, 5) is 0. The summed E-state index contributed by atoms with van der Waals surface area (Å²) < 4.78 is 0. The van der Waals surface area contributed by atoms with E-state index in [2.05, 4.69) is 12.2 Å². The minimum absolute atomic E-state index is 0. The van der Waals surface area contributed by atoms with Gasteiger partial charge in [0.05, 0.1) is 0 Å². The Morgan fingerprint density at radius 2 is 1.70 bits per heavy atom. The first-order chi connectivity index (χ1) is 4.33. The van der Waals surface area contributed by atoms with E-state index in [1.165, 1.54) is 12.1 Å². The second-order valence-electron chi connectivity index (χ2n) is 1.69. The Bertz CT molecular complexity index is 207. The van der Waals surface area contributed by atoms with Crippen molar-refractivity contribution < 1.29 is 34.7 Å². The number of thiocarbonyl (C=S) groups is 1. The van der Waals surface area contributed by atoms with Crippen LogP contribution in [-0.2, 0) is 0 Å². The summed E-state index contributed by atoms with van der Waals surface area (Å²) in [5.74, 6) is 0.0237. The summed E-state index contributed by atoms with van der Waals surface area (Å²) in [6.07, 6.45) is 0. The molecule has 0 saturated heterocycles. The Balaban J connectivity index is 0.000000810.